The minimum Gasteiger partial charge on any atom is -0.414 e. The maximum Gasteiger partial charge on any atom is 0.205 e. The predicted molar refractivity (Wildman–Crippen MR) is 114 cm³/mol. The van der Waals surface area contributed by atoms with Crippen LogP contribution >= 0.6 is 0 Å². The molecule has 1 saturated heterocycles. The monoisotopic (exact) mass is 411 g/mol. The van der Waals surface area contributed by atoms with Crippen molar-refractivity contribution in [1.29, 1.82) is 0 Å². The maximum atomic E-state index is 11.2. The van der Waals surface area contributed by atoms with Crippen LogP contribution in [-0.4, -0.2) is 45.4 Å². The second-order valence-electron chi connectivity index (χ2n) is 10.7. The number of ether oxygens (including phenoxy) is 2. The van der Waals surface area contributed by atoms with Gasteiger partial charge in [-0.25, -0.2) is 0 Å². The van der Waals surface area contributed by atoms with Crippen molar-refractivity contribution < 1.29 is 19.0 Å². The van der Waals surface area contributed by atoms with Gasteiger partial charge in [-0.05, 0) is 49.6 Å². The SMILES string of the molecule is CCCCCC(CC(O[Si](C)C)C1CC2C(CC23OCCO3)C1O)C(C)(C)C. The van der Waals surface area contributed by atoms with E-state index in [4.69, 9.17) is 13.9 Å². The molecule has 1 heterocycles. The Morgan fingerprint density at radius 3 is 2.43 bits per heavy atom. The molecule has 0 aromatic rings. The fourth-order valence-corrected chi connectivity index (χ4v) is 6.74. The van der Waals surface area contributed by atoms with E-state index in [0.717, 1.165) is 19.3 Å². The van der Waals surface area contributed by atoms with E-state index in [0.29, 0.717) is 31.0 Å². The zero-order valence-electron chi connectivity index (χ0n) is 19.0. The molecule has 1 N–H and O–H groups in total. The van der Waals surface area contributed by atoms with Crippen LogP contribution in [0.2, 0.25) is 13.1 Å². The summed E-state index contributed by atoms with van der Waals surface area (Å²) in [6.45, 7) is 15.2. The number of hydrogen-bond donors (Lipinski definition) is 1. The second kappa shape index (κ2) is 9.05. The number of rotatable bonds is 9. The van der Waals surface area contributed by atoms with E-state index in [1.807, 2.05) is 0 Å². The second-order valence-corrected chi connectivity index (χ2v) is 12.8. The van der Waals surface area contributed by atoms with Crippen molar-refractivity contribution >= 4 is 9.04 Å². The van der Waals surface area contributed by atoms with Gasteiger partial charge in [-0.3, -0.25) is 0 Å². The van der Waals surface area contributed by atoms with Gasteiger partial charge in [-0.2, -0.15) is 0 Å². The minimum atomic E-state index is -0.823. The molecule has 0 bridgehead atoms. The number of aliphatic hydroxyl groups is 1. The van der Waals surface area contributed by atoms with Crippen LogP contribution in [0.15, 0.2) is 0 Å². The molecule has 1 aliphatic heterocycles. The first-order valence-electron chi connectivity index (χ1n) is 11.6. The van der Waals surface area contributed by atoms with Gasteiger partial charge < -0.3 is 19.0 Å². The fraction of sp³-hybridized carbons (Fsp3) is 1.00. The molecule has 6 unspecified atom stereocenters. The Morgan fingerprint density at radius 2 is 1.86 bits per heavy atom. The van der Waals surface area contributed by atoms with Crippen LogP contribution in [0, 0.1) is 29.1 Å². The number of aliphatic hydroxyl groups excluding tert-OH is 1. The lowest BCUT2D eigenvalue weighted by Crippen LogP contribution is -2.54. The van der Waals surface area contributed by atoms with Gasteiger partial charge in [0.2, 0.25) is 9.04 Å². The Bertz CT molecular complexity index is 497. The number of hydrogen-bond acceptors (Lipinski definition) is 4. The average Bonchev–Trinajstić information content (AvgIpc) is 3.17. The molecule has 5 heteroatoms. The lowest BCUT2D eigenvalue weighted by molar-refractivity contribution is -0.275. The minimum absolute atomic E-state index is 0.161. The van der Waals surface area contributed by atoms with Crippen molar-refractivity contribution in [2.75, 3.05) is 13.2 Å². The van der Waals surface area contributed by atoms with Crippen LogP contribution < -0.4 is 0 Å². The quantitative estimate of drug-likeness (QED) is 0.428. The molecule has 6 atom stereocenters. The normalized spacial score (nSPS) is 33.9. The molecule has 4 nitrogen and oxygen atoms in total. The maximum absolute atomic E-state index is 11.2. The Kier molecular flexibility index (Phi) is 7.35. The molecule has 2 aliphatic carbocycles. The van der Waals surface area contributed by atoms with Crippen LogP contribution in [0.4, 0.5) is 0 Å². The van der Waals surface area contributed by atoms with E-state index in [-0.39, 0.29) is 29.3 Å². The van der Waals surface area contributed by atoms with Crippen LogP contribution in [-0.2, 0) is 13.9 Å². The van der Waals surface area contributed by atoms with Gasteiger partial charge in [0.05, 0.1) is 25.4 Å². The summed E-state index contributed by atoms with van der Waals surface area (Å²) in [6, 6.07) is 0. The summed E-state index contributed by atoms with van der Waals surface area (Å²) in [4.78, 5) is 0. The summed E-state index contributed by atoms with van der Waals surface area (Å²) in [5.74, 6) is 1.13. The Balaban J connectivity index is 1.70. The highest BCUT2D eigenvalue weighted by Gasteiger charge is 2.65. The summed E-state index contributed by atoms with van der Waals surface area (Å²) in [5, 5.41) is 11.2. The van der Waals surface area contributed by atoms with Crippen molar-refractivity contribution in [1.82, 2.24) is 0 Å². The Morgan fingerprint density at radius 1 is 1.18 bits per heavy atom. The predicted octanol–water partition coefficient (Wildman–Crippen LogP) is 5.02. The summed E-state index contributed by atoms with van der Waals surface area (Å²) < 4.78 is 18.5. The molecule has 3 rings (SSSR count). The third-order valence-corrected chi connectivity index (χ3v) is 8.32. The topological polar surface area (TPSA) is 47.9 Å². The molecule has 0 amide bonds. The first kappa shape index (κ1) is 22.7. The molecule has 2 saturated carbocycles. The third kappa shape index (κ3) is 4.69. The smallest absolute Gasteiger partial charge is 0.205 e. The summed E-state index contributed by atoms with van der Waals surface area (Å²) in [5.41, 5.74) is 0.269. The van der Waals surface area contributed by atoms with E-state index in [1.54, 1.807) is 0 Å². The zero-order chi connectivity index (χ0) is 20.5. The van der Waals surface area contributed by atoms with Gasteiger partial charge >= 0.3 is 0 Å². The zero-order valence-corrected chi connectivity index (χ0v) is 20.0. The van der Waals surface area contributed by atoms with Crippen LogP contribution in [0.25, 0.3) is 0 Å². The Labute approximate surface area is 174 Å². The average molecular weight is 412 g/mol. The van der Waals surface area contributed by atoms with Gasteiger partial charge in [0.15, 0.2) is 5.79 Å². The standard InChI is InChI=1S/C23H43O4Si/c1-7-8-9-10-16(22(2,3)4)13-20(27-28(5)6)17-14-19-18(21(17)24)15-23(19)25-11-12-26-23/h16-21,24H,7-15H2,1-6H3. The van der Waals surface area contributed by atoms with Gasteiger partial charge in [0.25, 0.3) is 0 Å². The van der Waals surface area contributed by atoms with Crippen molar-refractivity contribution in [2.24, 2.45) is 29.1 Å². The fourth-order valence-electron chi connectivity index (χ4n) is 5.86. The molecule has 3 aliphatic rings. The largest absolute Gasteiger partial charge is 0.414 e. The highest BCUT2D eigenvalue weighted by atomic mass is 28.3. The lowest BCUT2D eigenvalue weighted by Gasteiger charge is -2.48. The van der Waals surface area contributed by atoms with E-state index in [1.165, 1.54) is 25.7 Å². The summed E-state index contributed by atoms with van der Waals surface area (Å²) in [6.07, 6.45) is 7.93. The van der Waals surface area contributed by atoms with Gasteiger partial charge in [0.1, 0.15) is 0 Å². The summed E-state index contributed by atoms with van der Waals surface area (Å²) in [7, 11) is -0.823. The third-order valence-electron chi connectivity index (χ3n) is 7.54. The molecule has 0 aromatic heterocycles. The Hall–Kier alpha value is 0.0569. The first-order chi connectivity index (χ1) is 13.2. The molecular weight excluding hydrogens is 368 g/mol. The van der Waals surface area contributed by atoms with Crippen molar-refractivity contribution in [2.45, 2.75) is 104 Å². The molecular formula is C23H43O4Si. The number of fused-ring (bicyclic) bond motifs is 2. The van der Waals surface area contributed by atoms with Crippen LogP contribution in [0.3, 0.4) is 0 Å². The molecule has 0 aromatic carbocycles. The van der Waals surface area contributed by atoms with E-state index in [9.17, 15) is 5.11 Å². The highest BCUT2D eigenvalue weighted by molar-refractivity contribution is 6.48. The first-order valence-corrected chi connectivity index (χ1v) is 14.0. The van der Waals surface area contributed by atoms with Crippen molar-refractivity contribution in [3.63, 3.8) is 0 Å². The van der Waals surface area contributed by atoms with Gasteiger partial charge in [-0.1, -0.05) is 47.0 Å². The van der Waals surface area contributed by atoms with E-state index < -0.39 is 9.04 Å². The molecule has 3 fully saturated rings. The highest BCUT2D eigenvalue weighted by Crippen LogP contribution is 2.60. The van der Waals surface area contributed by atoms with Crippen LogP contribution in [0.5, 0.6) is 0 Å². The van der Waals surface area contributed by atoms with E-state index >= 15 is 0 Å². The lowest BCUT2D eigenvalue weighted by atomic mass is 9.69. The molecule has 163 valence electrons. The van der Waals surface area contributed by atoms with Gasteiger partial charge in [-0.15, -0.1) is 0 Å². The molecule has 1 spiro atoms. The van der Waals surface area contributed by atoms with Crippen molar-refractivity contribution in [3.8, 4) is 0 Å². The molecule has 28 heavy (non-hydrogen) atoms. The van der Waals surface area contributed by atoms with Crippen molar-refractivity contribution in [3.05, 3.63) is 0 Å². The van der Waals surface area contributed by atoms with E-state index in [2.05, 4.69) is 40.8 Å². The van der Waals surface area contributed by atoms with Crippen LogP contribution in [0.1, 0.15) is 72.6 Å². The molecule has 1 radical (unpaired) electrons. The number of unbranched alkanes of at least 4 members (excludes halogenated alkanes) is 2. The van der Waals surface area contributed by atoms with Gasteiger partial charge in [0, 0.05) is 18.3 Å². The summed E-state index contributed by atoms with van der Waals surface area (Å²) >= 11 is 0.